The maximum atomic E-state index is 11.7. The van der Waals surface area contributed by atoms with Crippen molar-refractivity contribution in [3.8, 4) is 0 Å². The molecule has 0 aromatic rings. The van der Waals surface area contributed by atoms with Crippen molar-refractivity contribution in [2.24, 2.45) is 0 Å². The minimum atomic E-state index is -0.883. The number of unbranched alkanes of at least 4 members (excludes halogenated alkanes) is 1. The zero-order valence-corrected chi connectivity index (χ0v) is 20.2. The monoisotopic (exact) mass is 464 g/mol. The van der Waals surface area contributed by atoms with Gasteiger partial charge in [-0.3, -0.25) is 0 Å². The Morgan fingerprint density at radius 3 is 1.76 bits per heavy atom. The van der Waals surface area contributed by atoms with E-state index in [0.717, 1.165) is 12.8 Å². The third kappa shape index (κ3) is 16.9. The molecular formula is C25H36O8. The second kappa shape index (κ2) is 18.2. The maximum absolute atomic E-state index is 11.7. The second-order valence-electron chi connectivity index (χ2n) is 7.15. The fourth-order valence-electron chi connectivity index (χ4n) is 1.71. The number of ether oxygens (including phenoxy) is 4. The van der Waals surface area contributed by atoms with Crippen molar-refractivity contribution in [3.63, 3.8) is 0 Å². The van der Waals surface area contributed by atoms with Gasteiger partial charge in [0, 0.05) is 28.7 Å². The molecule has 0 saturated carbocycles. The molecule has 0 aromatic heterocycles. The van der Waals surface area contributed by atoms with E-state index >= 15 is 0 Å². The van der Waals surface area contributed by atoms with E-state index in [4.69, 9.17) is 18.9 Å². The van der Waals surface area contributed by atoms with Crippen LogP contribution in [0, 0.1) is 0 Å². The fourth-order valence-corrected chi connectivity index (χ4v) is 1.71. The molecule has 0 amide bonds. The number of hydrogen-bond acceptors (Lipinski definition) is 8. The maximum Gasteiger partial charge on any atom is 0.333 e. The Morgan fingerprint density at radius 1 is 0.788 bits per heavy atom. The first-order chi connectivity index (χ1) is 15.4. The van der Waals surface area contributed by atoms with Gasteiger partial charge in [-0.25, -0.2) is 19.2 Å². The molecule has 0 rings (SSSR count). The summed E-state index contributed by atoms with van der Waals surface area (Å²) in [4.78, 5) is 45.4. The highest BCUT2D eigenvalue weighted by atomic mass is 16.6. The van der Waals surface area contributed by atoms with E-state index in [-0.39, 0.29) is 42.3 Å². The van der Waals surface area contributed by atoms with Crippen molar-refractivity contribution in [1.29, 1.82) is 0 Å². The van der Waals surface area contributed by atoms with Crippen molar-refractivity contribution in [2.45, 2.75) is 53.1 Å². The average molecular weight is 465 g/mol. The lowest BCUT2D eigenvalue weighted by Gasteiger charge is -2.18. The summed E-state index contributed by atoms with van der Waals surface area (Å²) in [6.45, 7) is 24.4. The Kier molecular flexibility index (Phi) is 17.5. The minimum Gasteiger partial charge on any atom is -0.462 e. The van der Waals surface area contributed by atoms with Gasteiger partial charge in [-0.2, -0.15) is 0 Å². The standard InChI is InChI=1S/C17H22O6.C8H14O2/c1-7-8-21-17(20)13(6)9-14(23-16(19)12(4)5)10-22-15(18)11(2)3;1-4-5-6-10-8(9)7(2)3/h7,14H,1-2,4,6,8-10H2,3,5H3;2,4-6H2,1,3H3. The highest BCUT2D eigenvalue weighted by molar-refractivity contribution is 5.89. The van der Waals surface area contributed by atoms with E-state index < -0.39 is 24.0 Å². The van der Waals surface area contributed by atoms with E-state index in [9.17, 15) is 19.2 Å². The van der Waals surface area contributed by atoms with Gasteiger partial charge in [-0.05, 0) is 27.2 Å². The molecule has 0 N–H and O–H groups in total. The van der Waals surface area contributed by atoms with Crippen molar-refractivity contribution < 1.29 is 38.1 Å². The lowest BCUT2D eigenvalue weighted by atomic mass is 10.1. The first kappa shape index (κ1) is 31.8. The van der Waals surface area contributed by atoms with Crippen LogP contribution in [0.2, 0.25) is 0 Å². The summed E-state index contributed by atoms with van der Waals surface area (Å²) in [5.41, 5.74) is 0.939. The second-order valence-corrected chi connectivity index (χ2v) is 7.15. The van der Waals surface area contributed by atoms with Gasteiger partial charge < -0.3 is 18.9 Å². The molecule has 8 nitrogen and oxygen atoms in total. The Bertz CT molecular complexity index is 760. The molecule has 0 aliphatic rings. The summed E-state index contributed by atoms with van der Waals surface area (Å²) in [5, 5.41) is 0. The summed E-state index contributed by atoms with van der Waals surface area (Å²) < 4.78 is 19.7. The number of carbonyl (C=O) groups excluding carboxylic acids is 4. The fraction of sp³-hybridized carbons (Fsp3) is 0.440. The zero-order chi connectivity index (χ0) is 26.0. The first-order valence-electron chi connectivity index (χ1n) is 10.3. The van der Waals surface area contributed by atoms with Crippen molar-refractivity contribution >= 4 is 23.9 Å². The van der Waals surface area contributed by atoms with Crippen LogP contribution in [0.5, 0.6) is 0 Å². The molecule has 0 saturated heterocycles. The highest BCUT2D eigenvalue weighted by Gasteiger charge is 2.22. The summed E-state index contributed by atoms with van der Waals surface area (Å²) in [5.74, 6) is -2.21. The molecule has 0 bridgehead atoms. The predicted molar refractivity (Wildman–Crippen MR) is 126 cm³/mol. The first-order valence-corrected chi connectivity index (χ1v) is 10.3. The van der Waals surface area contributed by atoms with Crippen LogP contribution in [0.1, 0.15) is 47.0 Å². The topological polar surface area (TPSA) is 105 Å². The molecule has 0 spiro atoms. The van der Waals surface area contributed by atoms with Crippen molar-refractivity contribution in [3.05, 3.63) is 61.3 Å². The molecule has 0 heterocycles. The van der Waals surface area contributed by atoms with Crippen LogP contribution in [0.25, 0.3) is 0 Å². The van der Waals surface area contributed by atoms with Crippen LogP contribution in [0.15, 0.2) is 61.3 Å². The SMILES string of the molecule is C=C(C)C(=O)OCCCC.C=CCOC(=O)C(=C)CC(COC(=O)C(=C)C)OC(=O)C(=C)C. The van der Waals surface area contributed by atoms with E-state index in [1.807, 2.05) is 0 Å². The molecule has 1 atom stereocenters. The van der Waals surface area contributed by atoms with Gasteiger partial charge in [0.1, 0.15) is 19.3 Å². The summed E-state index contributed by atoms with van der Waals surface area (Å²) in [6, 6.07) is 0. The molecule has 0 aliphatic carbocycles. The molecule has 0 aliphatic heterocycles. The van der Waals surface area contributed by atoms with Crippen LogP contribution in [0.4, 0.5) is 0 Å². The summed E-state index contributed by atoms with van der Waals surface area (Å²) in [6.07, 6.45) is 2.46. The smallest absolute Gasteiger partial charge is 0.333 e. The van der Waals surface area contributed by atoms with Crippen LogP contribution in [-0.4, -0.2) is 49.8 Å². The number of hydrogen-bond donors (Lipinski definition) is 0. The van der Waals surface area contributed by atoms with Gasteiger partial charge in [0.15, 0.2) is 0 Å². The summed E-state index contributed by atoms with van der Waals surface area (Å²) in [7, 11) is 0. The summed E-state index contributed by atoms with van der Waals surface area (Å²) >= 11 is 0. The highest BCUT2D eigenvalue weighted by Crippen LogP contribution is 2.12. The van der Waals surface area contributed by atoms with Crippen LogP contribution in [0.3, 0.4) is 0 Å². The third-order valence-electron chi connectivity index (χ3n) is 3.55. The Balaban J connectivity index is 0. The van der Waals surface area contributed by atoms with Gasteiger partial charge in [0.05, 0.1) is 6.61 Å². The molecular weight excluding hydrogens is 428 g/mol. The van der Waals surface area contributed by atoms with Gasteiger partial charge in [-0.1, -0.05) is 52.3 Å². The van der Waals surface area contributed by atoms with Crippen LogP contribution >= 0.6 is 0 Å². The average Bonchev–Trinajstić information content (AvgIpc) is 2.75. The van der Waals surface area contributed by atoms with E-state index in [2.05, 4.69) is 39.8 Å². The minimum absolute atomic E-state index is 0.0404. The Labute approximate surface area is 196 Å². The van der Waals surface area contributed by atoms with Crippen LogP contribution in [-0.2, 0) is 38.1 Å². The molecule has 0 aromatic carbocycles. The third-order valence-corrected chi connectivity index (χ3v) is 3.55. The van der Waals surface area contributed by atoms with Gasteiger partial charge in [-0.15, -0.1) is 0 Å². The number of carbonyl (C=O) groups is 4. The largest absolute Gasteiger partial charge is 0.462 e. The van der Waals surface area contributed by atoms with E-state index in [1.165, 1.54) is 19.9 Å². The number of rotatable bonds is 14. The molecule has 184 valence electrons. The molecule has 33 heavy (non-hydrogen) atoms. The van der Waals surface area contributed by atoms with E-state index in [1.54, 1.807) is 6.92 Å². The Morgan fingerprint density at radius 2 is 1.30 bits per heavy atom. The lowest BCUT2D eigenvalue weighted by molar-refractivity contribution is -0.154. The molecule has 8 heteroatoms. The molecule has 0 radical (unpaired) electrons. The lowest BCUT2D eigenvalue weighted by Crippen LogP contribution is -2.27. The zero-order valence-electron chi connectivity index (χ0n) is 20.2. The van der Waals surface area contributed by atoms with Gasteiger partial charge >= 0.3 is 23.9 Å². The number of esters is 4. The van der Waals surface area contributed by atoms with E-state index in [0.29, 0.717) is 12.2 Å². The van der Waals surface area contributed by atoms with Crippen LogP contribution < -0.4 is 0 Å². The normalized spacial score (nSPS) is 10.3. The van der Waals surface area contributed by atoms with Crippen molar-refractivity contribution in [2.75, 3.05) is 19.8 Å². The predicted octanol–water partition coefficient (Wildman–Crippen LogP) is 4.17. The quantitative estimate of drug-likeness (QED) is 0.124. The molecule has 0 fully saturated rings. The Hall–Kier alpha value is -3.42. The molecule has 1 unspecified atom stereocenters. The van der Waals surface area contributed by atoms with Crippen molar-refractivity contribution in [1.82, 2.24) is 0 Å². The van der Waals surface area contributed by atoms with Gasteiger partial charge in [0.25, 0.3) is 0 Å². The van der Waals surface area contributed by atoms with Gasteiger partial charge in [0.2, 0.25) is 0 Å².